The van der Waals surface area contributed by atoms with Gasteiger partial charge in [-0.1, -0.05) is 5.92 Å². The van der Waals surface area contributed by atoms with Gasteiger partial charge in [0.25, 0.3) is 5.91 Å². The van der Waals surface area contributed by atoms with Crippen LogP contribution in [0.15, 0.2) is 48.8 Å². The molecule has 1 aliphatic rings. The Labute approximate surface area is 212 Å². The molecule has 10 heteroatoms. The van der Waals surface area contributed by atoms with Gasteiger partial charge < -0.3 is 15.4 Å². The molecule has 0 aliphatic carbocycles. The molecule has 0 bridgehead atoms. The van der Waals surface area contributed by atoms with Crippen LogP contribution in [0, 0.1) is 29.0 Å². The number of hydrogen-bond donors (Lipinski definition) is 1. The van der Waals surface area contributed by atoms with Gasteiger partial charge in [0.2, 0.25) is 11.8 Å². The highest BCUT2D eigenvalue weighted by Crippen LogP contribution is 2.35. The van der Waals surface area contributed by atoms with Gasteiger partial charge in [0.15, 0.2) is 11.6 Å². The number of nitrogen functional groups attached to an aromatic ring is 1. The Balaban J connectivity index is 1.51. The SMILES string of the molecule is CC#CC(=O)N1CCCC(c2nc(-c3ccc(Oc4cc(C#N)ccn4)c(F)c3)n3c(N)nccc23)C1. The zero-order chi connectivity index (χ0) is 25.9. The molecule has 4 aromatic rings. The maximum absolute atomic E-state index is 15.1. The Morgan fingerprint density at radius 2 is 2.05 bits per heavy atom. The van der Waals surface area contributed by atoms with Crippen molar-refractivity contribution in [2.75, 3.05) is 18.8 Å². The third-order valence-electron chi connectivity index (χ3n) is 6.21. The first-order valence-electron chi connectivity index (χ1n) is 11.7. The van der Waals surface area contributed by atoms with E-state index in [1.165, 1.54) is 30.5 Å². The minimum absolute atomic E-state index is 0.0344. The number of carbonyl (C=O) groups excluding carboxylic acids is 1. The number of likely N-dealkylation sites (tertiary alicyclic amines) is 1. The zero-order valence-electron chi connectivity index (χ0n) is 20.0. The molecule has 0 saturated carbocycles. The molecule has 0 radical (unpaired) electrons. The maximum Gasteiger partial charge on any atom is 0.298 e. The van der Waals surface area contributed by atoms with E-state index in [1.807, 2.05) is 12.1 Å². The second-order valence-corrected chi connectivity index (χ2v) is 8.55. The largest absolute Gasteiger partial charge is 0.436 e. The molecule has 1 unspecified atom stereocenters. The Hall–Kier alpha value is -4.96. The highest BCUT2D eigenvalue weighted by molar-refractivity contribution is 5.93. The van der Waals surface area contributed by atoms with Crippen molar-refractivity contribution in [1.29, 1.82) is 5.26 Å². The number of anilines is 1. The van der Waals surface area contributed by atoms with Crippen LogP contribution >= 0.6 is 0 Å². The number of hydrogen-bond acceptors (Lipinski definition) is 7. The first-order chi connectivity index (χ1) is 18.0. The molecule has 184 valence electrons. The van der Waals surface area contributed by atoms with E-state index in [-0.39, 0.29) is 29.4 Å². The monoisotopic (exact) mass is 495 g/mol. The summed E-state index contributed by atoms with van der Waals surface area (Å²) in [6.45, 7) is 2.77. The third kappa shape index (κ3) is 4.65. The van der Waals surface area contributed by atoms with Crippen LogP contribution in [0.3, 0.4) is 0 Å². The number of rotatable bonds is 4. The molecule has 1 fully saturated rings. The minimum Gasteiger partial charge on any atom is -0.436 e. The number of nitrogens with two attached hydrogens (primary N) is 1. The molecule has 37 heavy (non-hydrogen) atoms. The van der Waals surface area contributed by atoms with E-state index in [0.717, 1.165) is 24.1 Å². The van der Waals surface area contributed by atoms with E-state index in [4.69, 9.17) is 20.7 Å². The van der Waals surface area contributed by atoms with Gasteiger partial charge in [-0.3, -0.25) is 9.20 Å². The highest BCUT2D eigenvalue weighted by Gasteiger charge is 2.29. The molecule has 1 amide bonds. The number of imidazole rings is 1. The van der Waals surface area contributed by atoms with Crippen LogP contribution in [0.25, 0.3) is 16.9 Å². The molecule has 9 nitrogen and oxygen atoms in total. The average molecular weight is 496 g/mol. The fourth-order valence-corrected chi connectivity index (χ4v) is 4.52. The van der Waals surface area contributed by atoms with Crippen LogP contribution in [-0.2, 0) is 4.79 Å². The first-order valence-corrected chi connectivity index (χ1v) is 11.7. The number of nitriles is 1. The van der Waals surface area contributed by atoms with Gasteiger partial charge in [-0.2, -0.15) is 5.26 Å². The number of ether oxygens (including phenoxy) is 1. The Morgan fingerprint density at radius 3 is 2.84 bits per heavy atom. The quantitative estimate of drug-likeness (QED) is 0.426. The summed E-state index contributed by atoms with van der Waals surface area (Å²) in [5.41, 5.74) is 8.58. The van der Waals surface area contributed by atoms with Crippen molar-refractivity contribution in [2.45, 2.75) is 25.7 Å². The number of piperidine rings is 1. The topological polar surface area (TPSA) is 122 Å². The van der Waals surface area contributed by atoms with Gasteiger partial charge in [0.1, 0.15) is 5.82 Å². The van der Waals surface area contributed by atoms with Crippen LogP contribution in [0.4, 0.5) is 10.3 Å². The number of nitrogens with zero attached hydrogens (tertiary/aromatic N) is 6. The van der Waals surface area contributed by atoms with Gasteiger partial charge in [0, 0.05) is 43.0 Å². The number of fused-ring (bicyclic) bond motifs is 1. The normalized spacial score (nSPS) is 15.1. The van der Waals surface area contributed by atoms with Gasteiger partial charge in [-0.05, 0) is 56.0 Å². The highest BCUT2D eigenvalue weighted by atomic mass is 19.1. The lowest BCUT2D eigenvalue weighted by Gasteiger charge is -2.30. The predicted molar refractivity (Wildman–Crippen MR) is 134 cm³/mol. The summed E-state index contributed by atoms with van der Waals surface area (Å²) in [6, 6.07) is 11.2. The van der Waals surface area contributed by atoms with Crippen molar-refractivity contribution < 1.29 is 13.9 Å². The Morgan fingerprint density at radius 1 is 1.22 bits per heavy atom. The van der Waals surface area contributed by atoms with Gasteiger partial charge in [-0.25, -0.2) is 19.3 Å². The number of aromatic nitrogens is 4. The molecule has 1 atom stereocenters. The fraction of sp³-hybridized carbons (Fsp3) is 0.222. The number of benzene rings is 1. The molecule has 1 saturated heterocycles. The lowest BCUT2D eigenvalue weighted by atomic mass is 9.94. The number of carbonyl (C=O) groups is 1. The smallest absolute Gasteiger partial charge is 0.298 e. The van der Waals surface area contributed by atoms with E-state index in [0.29, 0.717) is 30.0 Å². The summed E-state index contributed by atoms with van der Waals surface area (Å²) >= 11 is 0. The van der Waals surface area contributed by atoms with Crippen molar-refractivity contribution in [3.05, 3.63) is 65.9 Å². The van der Waals surface area contributed by atoms with Crippen molar-refractivity contribution in [3.8, 4) is 40.9 Å². The van der Waals surface area contributed by atoms with Crippen LogP contribution in [0.2, 0.25) is 0 Å². The number of pyridine rings is 1. The summed E-state index contributed by atoms with van der Waals surface area (Å²) < 4.78 is 22.4. The predicted octanol–water partition coefficient (Wildman–Crippen LogP) is 3.91. The number of amides is 1. The minimum atomic E-state index is -0.630. The summed E-state index contributed by atoms with van der Waals surface area (Å²) in [5.74, 6) is 5.11. The summed E-state index contributed by atoms with van der Waals surface area (Å²) in [5, 5.41) is 9.06. The standard InChI is InChI=1S/C27H22FN7O2/c1-2-4-24(36)34-12-3-5-19(16-34)25-21-9-11-32-27(30)35(21)26(33-25)18-6-7-22(20(28)14-18)37-23-13-17(15-29)8-10-31-23/h6-11,13-14,19H,3,5,12,16H2,1H3,(H2,30,32). The van der Waals surface area contributed by atoms with Gasteiger partial charge in [0.05, 0.1) is 22.8 Å². The average Bonchev–Trinajstić information content (AvgIpc) is 3.31. The summed E-state index contributed by atoms with van der Waals surface area (Å²) in [6.07, 6.45) is 4.68. The first kappa shape index (κ1) is 23.8. The molecule has 3 aromatic heterocycles. The molecular weight excluding hydrogens is 473 g/mol. The van der Waals surface area contributed by atoms with Crippen LogP contribution in [0.5, 0.6) is 11.6 Å². The van der Waals surface area contributed by atoms with Crippen molar-refractivity contribution >= 4 is 17.4 Å². The number of halogens is 1. The van der Waals surface area contributed by atoms with E-state index in [9.17, 15) is 4.79 Å². The fourth-order valence-electron chi connectivity index (χ4n) is 4.52. The van der Waals surface area contributed by atoms with E-state index < -0.39 is 5.82 Å². The Bertz CT molecular complexity index is 1610. The van der Waals surface area contributed by atoms with E-state index in [1.54, 1.807) is 28.5 Å². The van der Waals surface area contributed by atoms with Crippen molar-refractivity contribution in [2.24, 2.45) is 0 Å². The third-order valence-corrected chi connectivity index (χ3v) is 6.21. The molecule has 4 heterocycles. The van der Waals surface area contributed by atoms with Gasteiger partial charge >= 0.3 is 0 Å². The summed E-state index contributed by atoms with van der Waals surface area (Å²) in [4.78, 5) is 27.2. The second-order valence-electron chi connectivity index (χ2n) is 8.55. The van der Waals surface area contributed by atoms with E-state index >= 15 is 4.39 Å². The van der Waals surface area contributed by atoms with Gasteiger partial charge in [-0.15, -0.1) is 0 Å². The summed E-state index contributed by atoms with van der Waals surface area (Å²) in [7, 11) is 0. The van der Waals surface area contributed by atoms with Crippen LogP contribution in [-0.4, -0.2) is 43.2 Å². The molecule has 2 N–H and O–H groups in total. The lowest BCUT2D eigenvalue weighted by molar-refractivity contribution is -0.126. The molecule has 0 spiro atoms. The van der Waals surface area contributed by atoms with Crippen molar-refractivity contribution in [3.63, 3.8) is 0 Å². The van der Waals surface area contributed by atoms with Crippen molar-refractivity contribution in [1.82, 2.24) is 24.3 Å². The molecule has 1 aliphatic heterocycles. The van der Waals surface area contributed by atoms with Crippen LogP contribution in [0.1, 0.15) is 36.9 Å². The molecular formula is C27H22FN7O2. The second kappa shape index (κ2) is 9.96. The maximum atomic E-state index is 15.1. The molecule has 5 rings (SSSR count). The lowest BCUT2D eigenvalue weighted by Crippen LogP contribution is -2.38. The Kier molecular flexibility index (Phi) is 6.40. The van der Waals surface area contributed by atoms with Crippen LogP contribution < -0.4 is 10.5 Å². The van der Waals surface area contributed by atoms with E-state index in [2.05, 4.69) is 21.8 Å². The zero-order valence-corrected chi connectivity index (χ0v) is 20.0. The molecule has 1 aromatic carbocycles.